The van der Waals surface area contributed by atoms with Crippen LogP contribution in [-0.2, 0) is 14.6 Å². The summed E-state index contributed by atoms with van der Waals surface area (Å²) in [4.78, 5) is 8.26. The predicted molar refractivity (Wildman–Crippen MR) is 85.2 cm³/mol. The molecule has 3 aromatic heterocycles. The van der Waals surface area contributed by atoms with Crippen LogP contribution in [-0.4, -0.2) is 47.1 Å². The molecule has 0 N–H and O–H groups in total. The average Bonchev–Trinajstić information content (AvgIpc) is 2.99. The molecule has 23 heavy (non-hydrogen) atoms. The van der Waals surface area contributed by atoms with Gasteiger partial charge in [0.1, 0.15) is 11.0 Å². The molecule has 0 aliphatic heterocycles. The van der Waals surface area contributed by atoms with E-state index in [1.807, 2.05) is 13.0 Å². The number of aromatic nitrogens is 4. The molecule has 0 amide bonds. The van der Waals surface area contributed by atoms with E-state index in [1.165, 1.54) is 6.07 Å². The second kappa shape index (κ2) is 6.43. The molecular formula is C15H16N4O3S. The number of pyridine rings is 2. The zero-order valence-corrected chi connectivity index (χ0v) is 13.4. The van der Waals surface area contributed by atoms with Gasteiger partial charge in [-0.05, 0) is 31.2 Å². The van der Waals surface area contributed by atoms with Crippen molar-refractivity contribution in [3.05, 3.63) is 42.9 Å². The van der Waals surface area contributed by atoms with Crippen molar-refractivity contribution in [3.63, 3.8) is 0 Å². The monoisotopic (exact) mass is 332 g/mol. The molecule has 0 unspecified atom stereocenters. The van der Waals surface area contributed by atoms with Crippen LogP contribution in [0.1, 0.15) is 6.92 Å². The van der Waals surface area contributed by atoms with Crippen molar-refractivity contribution in [2.75, 3.05) is 19.0 Å². The fourth-order valence-electron chi connectivity index (χ4n) is 2.10. The molecule has 0 fully saturated rings. The maximum atomic E-state index is 12.2. The lowest BCUT2D eigenvalue weighted by molar-refractivity contribution is 0.163. The van der Waals surface area contributed by atoms with Crippen LogP contribution in [0, 0.1) is 0 Å². The molecule has 3 heterocycles. The van der Waals surface area contributed by atoms with Gasteiger partial charge < -0.3 is 4.74 Å². The van der Waals surface area contributed by atoms with E-state index in [0.29, 0.717) is 17.6 Å². The van der Waals surface area contributed by atoms with Gasteiger partial charge in [-0.1, -0.05) is 0 Å². The van der Waals surface area contributed by atoms with E-state index in [0.717, 1.165) is 5.69 Å². The summed E-state index contributed by atoms with van der Waals surface area (Å²) in [7, 11) is -3.46. The summed E-state index contributed by atoms with van der Waals surface area (Å²) < 4.78 is 31.2. The molecule has 0 aromatic carbocycles. The summed E-state index contributed by atoms with van der Waals surface area (Å²) in [6.45, 7) is 2.47. The Labute approximate surface area is 133 Å². The molecular weight excluding hydrogens is 316 g/mol. The van der Waals surface area contributed by atoms with Crippen LogP contribution < -0.4 is 0 Å². The second-order valence-electron chi connectivity index (χ2n) is 4.85. The third-order valence-corrected chi connectivity index (χ3v) is 4.84. The third kappa shape index (κ3) is 3.38. The molecule has 0 saturated heterocycles. The topological polar surface area (TPSA) is 87.0 Å². The Balaban J connectivity index is 1.93. The van der Waals surface area contributed by atoms with Gasteiger partial charge in [0, 0.05) is 12.8 Å². The lowest BCUT2D eigenvalue weighted by atomic mass is 10.4. The van der Waals surface area contributed by atoms with Gasteiger partial charge >= 0.3 is 0 Å². The first kappa shape index (κ1) is 15.6. The minimum atomic E-state index is -3.46. The van der Waals surface area contributed by atoms with Crippen molar-refractivity contribution in [3.8, 4) is 5.69 Å². The van der Waals surface area contributed by atoms with Crippen LogP contribution in [0.3, 0.4) is 0 Å². The van der Waals surface area contributed by atoms with Crippen LogP contribution in [0.2, 0.25) is 0 Å². The Morgan fingerprint density at radius 1 is 1.22 bits per heavy atom. The first-order valence-electron chi connectivity index (χ1n) is 7.17. The van der Waals surface area contributed by atoms with E-state index in [1.54, 1.807) is 35.4 Å². The maximum Gasteiger partial charge on any atom is 0.197 e. The number of rotatable bonds is 6. The average molecular weight is 332 g/mol. The molecule has 3 rings (SSSR count). The fourth-order valence-corrected chi connectivity index (χ4v) is 3.16. The quantitative estimate of drug-likeness (QED) is 0.638. The molecule has 0 atom stereocenters. The van der Waals surface area contributed by atoms with Crippen molar-refractivity contribution in [2.45, 2.75) is 11.9 Å². The molecule has 0 spiro atoms. The normalized spacial score (nSPS) is 11.9. The van der Waals surface area contributed by atoms with Crippen LogP contribution in [0.4, 0.5) is 0 Å². The summed E-state index contributed by atoms with van der Waals surface area (Å²) in [5.41, 5.74) is 1.93. The van der Waals surface area contributed by atoms with Gasteiger partial charge in [-0.3, -0.25) is 4.98 Å². The van der Waals surface area contributed by atoms with Crippen molar-refractivity contribution < 1.29 is 13.2 Å². The lowest BCUT2D eigenvalue weighted by Crippen LogP contribution is -2.13. The Kier molecular flexibility index (Phi) is 4.35. The molecule has 120 valence electrons. The van der Waals surface area contributed by atoms with Gasteiger partial charge in [-0.25, -0.2) is 18.1 Å². The Bertz CT molecular complexity index is 907. The maximum absolute atomic E-state index is 12.2. The van der Waals surface area contributed by atoms with Gasteiger partial charge in [0.2, 0.25) is 0 Å². The highest BCUT2D eigenvalue weighted by molar-refractivity contribution is 7.91. The molecule has 8 heteroatoms. The summed E-state index contributed by atoms with van der Waals surface area (Å²) in [6.07, 6.45) is 5.04. The Morgan fingerprint density at radius 3 is 2.83 bits per heavy atom. The van der Waals surface area contributed by atoms with Crippen LogP contribution in [0.15, 0.2) is 47.9 Å². The molecule has 0 bridgehead atoms. The molecule has 0 radical (unpaired) electrons. The van der Waals surface area contributed by atoms with Crippen molar-refractivity contribution in [1.82, 2.24) is 19.7 Å². The van der Waals surface area contributed by atoms with Crippen LogP contribution in [0.25, 0.3) is 16.7 Å². The minimum Gasteiger partial charge on any atom is -0.381 e. The molecule has 0 aliphatic rings. The van der Waals surface area contributed by atoms with Gasteiger partial charge in [0.05, 0.1) is 30.4 Å². The van der Waals surface area contributed by atoms with E-state index in [9.17, 15) is 8.42 Å². The zero-order chi connectivity index (χ0) is 16.3. The van der Waals surface area contributed by atoms with E-state index in [-0.39, 0.29) is 17.4 Å². The summed E-state index contributed by atoms with van der Waals surface area (Å²) >= 11 is 0. The van der Waals surface area contributed by atoms with Gasteiger partial charge in [0.15, 0.2) is 14.9 Å². The van der Waals surface area contributed by atoms with E-state index >= 15 is 0 Å². The smallest absolute Gasteiger partial charge is 0.197 e. The first-order chi connectivity index (χ1) is 11.1. The summed E-state index contributed by atoms with van der Waals surface area (Å²) in [5.74, 6) is -0.0872. The van der Waals surface area contributed by atoms with Gasteiger partial charge in [-0.2, -0.15) is 5.10 Å². The number of hydrogen-bond donors (Lipinski definition) is 0. The molecule has 3 aromatic rings. The molecule has 0 saturated carbocycles. The standard InChI is InChI=1S/C15H16N4O3S/c1-2-22-8-9-23(20,21)15-6-5-13-14(17-15)11-19(18-13)12-4-3-7-16-10-12/h3-7,10-11H,2,8-9H2,1H3. The minimum absolute atomic E-state index is 0.0374. The van der Waals surface area contributed by atoms with Gasteiger partial charge in [0.25, 0.3) is 0 Å². The summed E-state index contributed by atoms with van der Waals surface area (Å²) in [5, 5.41) is 4.41. The van der Waals surface area contributed by atoms with Crippen molar-refractivity contribution >= 4 is 20.9 Å². The van der Waals surface area contributed by atoms with Crippen LogP contribution >= 0.6 is 0 Å². The number of nitrogens with zero attached hydrogens (tertiary/aromatic N) is 4. The largest absolute Gasteiger partial charge is 0.381 e. The number of fused-ring (bicyclic) bond motifs is 1. The van der Waals surface area contributed by atoms with Crippen molar-refractivity contribution in [2.24, 2.45) is 0 Å². The predicted octanol–water partition coefficient (Wildman–Crippen LogP) is 1.63. The zero-order valence-electron chi connectivity index (χ0n) is 12.6. The Hall–Kier alpha value is -2.32. The van der Waals surface area contributed by atoms with Crippen LogP contribution in [0.5, 0.6) is 0 Å². The van der Waals surface area contributed by atoms with E-state index < -0.39 is 9.84 Å². The van der Waals surface area contributed by atoms with Crippen molar-refractivity contribution in [1.29, 1.82) is 0 Å². The fraction of sp³-hybridized carbons (Fsp3) is 0.267. The molecule has 7 nitrogen and oxygen atoms in total. The lowest BCUT2D eigenvalue weighted by Gasteiger charge is -2.03. The number of hydrogen-bond acceptors (Lipinski definition) is 6. The second-order valence-corrected chi connectivity index (χ2v) is 6.91. The number of sulfone groups is 1. The SMILES string of the molecule is CCOCCS(=O)(=O)c1ccc2nn(-c3cccnc3)cc2n1. The highest BCUT2D eigenvalue weighted by Crippen LogP contribution is 2.17. The number of ether oxygens (including phenoxy) is 1. The Morgan fingerprint density at radius 2 is 2.09 bits per heavy atom. The van der Waals surface area contributed by atoms with E-state index in [2.05, 4.69) is 15.1 Å². The first-order valence-corrected chi connectivity index (χ1v) is 8.83. The third-order valence-electron chi connectivity index (χ3n) is 3.27. The summed E-state index contributed by atoms with van der Waals surface area (Å²) in [6, 6.07) is 6.80. The highest BCUT2D eigenvalue weighted by atomic mass is 32.2. The highest BCUT2D eigenvalue weighted by Gasteiger charge is 2.17. The molecule has 0 aliphatic carbocycles. The van der Waals surface area contributed by atoms with E-state index in [4.69, 9.17) is 4.74 Å². The van der Waals surface area contributed by atoms with Gasteiger partial charge in [-0.15, -0.1) is 0 Å².